The first kappa shape index (κ1) is 18.2. The highest BCUT2D eigenvalue weighted by molar-refractivity contribution is 5.34. The average molecular weight is 344 g/mol. The molecule has 2 aromatic rings. The van der Waals surface area contributed by atoms with E-state index in [1.807, 2.05) is 13.8 Å². The van der Waals surface area contributed by atoms with Crippen LogP contribution in [0.25, 0.3) is 0 Å². The van der Waals surface area contributed by atoms with Gasteiger partial charge in [-0.25, -0.2) is 15.0 Å². The third kappa shape index (κ3) is 4.67. The number of hydrogen-bond donors (Lipinski definition) is 0. The van der Waals surface area contributed by atoms with Crippen molar-refractivity contribution in [2.24, 2.45) is 0 Å². The lowest BCUT2D eigenvalue weighted by Gasteiger charge is -2.31. The number of rotatable bonds is 6. The zero-order valence-electron chi connectivity index (χ0n) is 13.9. The molecule has 0 aliphatic heterocycles. The van der Waals surface area contributed by atoms with E-state index in [4.69, 9.17) is 9.15 Å². The predicted molar refractivity (Wildman–Crippen MR) is 80.4 cm³/mol. The molecule has 24 heavy (non-hydrogen) atoms. The van der Waals surface area contributed by atoms with Gasteiger partial charge in [-0.1, -0.05) is 0 Å². The zero-order chi connectivity index (χ0) is 18.0. The molecule has 0 fully saturated rings. The molecule has 0 N–H and O–H groups in total. The van der Waals surface area contributed by atoms with Crippen LogP contribution < -0.4 is 4.90 Å². The summed E-state index contributed by atoms with van der Waals surface area (Å²) in [6.45, 7) is 5.50. The van der Waals surface area contributed by atoms with Gasteiger partial charge in [0, 0.05) is 19.3 Å². The Kier molecular flexibility index (Phi) is 5.12. The second-order valence-electron chi connectivity index (χ2n) is 5.94. The van der Waals surface area contributed by atoms with Crippen LogP contribution in [-0.4, -0.2) is 34.2 Å². The molecule has 6 nitrogen and oxygen atoms in total. The molecule has 0 saturated heterocycles. The molecule has 0 saturated carbocycles. The number of aromatic nitrogens is 3. The number of halogens is 3. The molecule has 0 radical (unpaired) electrons. The number of nitrogens with zero attached hydrogens (tertiary/aromatic N) is 4. The van der Waals surface area contributed by atoms with E-state index in [9.17, 15) is 13.2 Å². The predicted octanol–water partition coefficient (Wildman–Crippen LogP) is 3.22. The summed E-state index contributed by atoms with van der Waals surface area (Å²) in [6, 6.07) is 0.911. The van der Waals surface area contributed by atoms with Gasteiger partial charge in [0.05, 0.1) is 18.3 Å². The zero-order valence-corrected chi connectivity index (χ0v) is 13.9. The normalized spacial score (nSPS) is 12.5. The van der Waals surface area contributed by atoms with Gasteiger partial charge in [-0.2, -0.15) is 13.2 Å². The number of hydrogen-bond acceptors (Lipinski definition) is 6. The van der Waals surface area contributed by atoms with Gasteiger partial charge < -0.3 is 14.1 Å². The van der Waals surface area contributed by atoms with Crippen LogP contribution in [0.4, 0.5) is 19.1 Å². The van der Waals surface area contributed by atoms with E-state index >= 15 is 0 Å². The van der Waals surface area contributed by atoms with Crippen LogP contribution in [0, 0.1) is 6.92 Å². The smallest absolute Gasteiger partial charge is 0.433 e. The standard InChI is InChI=1S/C15H19F3N4O2/c1-10-7-11(15(16,17)18)21-13(20-10)22(9-14(2,3)23-4)8-12-19-5-6-24-12/h5-7H,8-9H2,1-4H3. The van der Waals surface area contributed by atoms with E-state index in [0.717, 1.165) is 6.07 Å². The molecule has 2 rings (SSSR count). The maximum Gasteiger partial charge on any atom is 0.433 e. The van der Waals surface area contributed by atoms with Crippen molar-refractivity contribution < 1.29 is 22.3 Å². The molecule has 2 aromatic heterocycles. The van der Waals surface area contributed by atoms with Crippen LogP contribution in [0.3, 0.4) is 0 Å². The van der Waals surface area contributed by atoms with Crippen LogP contribution in [-0.2, 0) is 17.5 Å². The molecule has 0 aliphatic carbocycles. The molecule has 0 unspecified atom stereocenters. The van der Waals surface area contributed by atoms with Gasteiger partial charge in [0.15, 0.2) is 0 Å². The first-order chi connectivity index (χ1) is 11.1. The van der Waals surface area contributed by atoms with Gasteiger partial charge in [0.25, 0.3) is 0 Å². The summed E-state index contributed by atoms with van der Waals surface area (Å²) in [6.07, 6.45) is -1.69. The van der Waals surface area contributed by atoms with Crippen molar-refractivity contribution in [1.29, 1.82) is 0 Å². The lowest BCUT2D eigenvalue weighted by molar-refractivity contribution is -0.141. The van der Waals surface area contributed by atoms with E-state index in [1.54, 1.807) is 4.90 Å². The van der Waals surface area contributed by atoms with E-state index < -0.39 is 17.5 Å². The summed E-state index contributed by atoms with van der Waals surface area (Å²) < 4.78 is 49.6. The molecule has 132 valence electrons. The Bertz CT molecular complexity index is 672. The van der Waals surface area contributed by atoms with Crippen molar-refractivity contribution in [1.82, 2.24) is 15.0 Å². The highest BCUT2D eigenvalue weighted by Gasteiger charge is 2.34. The van der Waals surface area contributed by atoms with Crippen molar-refractivity contribution in [2.75, 3.05) is 18.6 Å². The fraction of sp³-hybridized carbons (Fsp3) is 0.533. The van der Waals surface area contributed by atoms with Crippen molar-refractivity contribution in [3.8, 4) is 0 Å². The summed E-state index contributed by atoms with van der Waals surface area (Å²) >= 11 is 0. The van der Waals surface area contributed by atoms with Crippen LogP contribution in [0.2, 0.25) is 0 Å². The molecule has 2 heterocycles. The van der Waals surface area contributed by atoms with Gasteiger partial charge in [0.1, 0.15) is 12.0 Å². The van der Waals surface area contributed by atoms with E-state index in [-0.39, 0.29) is 24.7 Å². The minimum atomic E-state index is -4.55. The number of anilines is 1. The Balaban J connectivity index is 2.40. The first-order valence-corrected chi connectivity index (χ1v) is 7.22. The summed E-state index contributed by atoms with van der Waals surface area (Å²) in [7, 11) is 1.53. The van der Waals surface area contributed by atoms with Crippen LogP contribution in [0.1, 0.15) is 31.1 Å². The largest absolute Gasteiger partial charge is 0.447 e. The van der Waals surface area contributed by atoms with Gasteiger partial charge >= 0.3 is 6.18 Å². The summed E-state index contributed by atoms with van der Waals surface area (Å²) in [4.78, 5) is 13.4. The van der Waals surface area contributed by atoms with E-state index in [2.05, 4.69) is 15.0 Å². The molecule has 0 aliphatic rings. The van der Waals surface area contributed by atoms with Crippen LogP contribution >= 0.6 is 0 Å². The van der Waals surface area contributed by atoms with Gasteiger partial charge in [-0.3, -0.25) is 0 Å². The Morgan fingerprint density at radius 2 is 1.96 bits per heavy atom. The summed E-state index contributed by atoms with van der Waals surface area (Å²) in [5, 5.41) is 0. The Morgan fingerprint density at radius 1 is 1.25 bits per heavy atom. The molecule has 0 spiro atoms. The number of aryl methyl sites for hydroxylation is 1. The Hall–Kier alpha value is -2.16. The maximum atomic E-state index is 13.0. The van der Waals surface area contributed by atoms with E-state index in [0.29, 0.717) is 5.89 Å². The molecule has 9 heteroatoms. The molecule has 0 aromatic carbocycles. The Labute approximate surface area is 137 Å². The van der Waals surface area contributed by atoms with Crippen molar-refractivity contribution in [2.45, 2.75) is 39.1 Å². The number of ether oxygens (including phenoxy) is 1. The SMILES string of the molecule is COC(C)(C)CN(Cc1ncco1)c1nc(C)cc(C(F)(F)F)n1. The summed E-state index contributed by atoms with van der Waals surface area (Å²) in [5.41, 5.74) is -1.39. The van der Waals surface area contributed by atoms with Gasteiger partial charge in [-0.05, 0) is 26.8 Å². The highest BCUT2D eigenvalue weighted by Crippen LogP contribution is 2.29. The van der Waals surface area contributed by atoms with Gasteiger partial charge in [-0.15, -0.1) is 0 Å². The maximum absolute atomic E-state index is 13.0. The highest BCUT2D eigenvalue weighted by atomic mass is 19.4. The summed E-state index contributed by atoms with van der Waals surface area (Å²) in [5.74, 6) is 0.297. The third-order valence-electron chi connectivity index (χ3n) is 3.35. The van der Waals surface area contributed by atoms with Crippen molar-refractivity contribution in [3.63, 3.8) is 0 Å². The lowest BCUT2D eigenvalue weighted by Crippen LogP contribution is -2.41. The Morgan fingerprint density at radius 3 is 2.50 bits per heavy atom. The topological polar surface area (TPSA) is 64.3 Å². The number of methoxy groups -OCH3 is 1. The quantitative estimate of drug-likeness (QED) is 0.802. The third-order valence-corrected chi connectivity index (χ3v) is 3.35. The minimum Gasteiger partial charge on any atom is -0.447 e. The molecule has 0 amide bonds. The monoisotopic (exact) mass is 344 g/mol. The average Bonchev–Trinajstić information content (AvgIpc) is 2.98. The van der Waals surface area contributed by atoms with Gasteiger partial charge in [0.2, 0.25) is 11.8 Å². The lowest BCUT2D eigenvalue weighted by atomic mass is 10.1. The van der Waals surface area contributed by atoms with Crippen molar-refractivity contribution >= 4 is 5.95 Å². The number of oxazole rings is 1. The second kappa shape index (κ2) is 6.76. The fourth-order valence-corrected chi connectivity index (χ4v) is 2.06. The first-order valence-electron chi connectivity index (χ1n) is 7.22. The second-order valence-corrected chi connectivity index (χ2v) is 5.94. The van der Waals surface area contributed by atoms with Crippen LogP contribution in [0.5, 0.6) is 0 Å². The van der Waals surface area contributed by atoms with Crippen molar-refractivity contribution in [3.05, 3.63) is 35.8 Å². The molecule has 0 atom stereocenters. The molecular weight excluding hydrogens is 325 g/mol. The van der Waals surface area contributed by atoms with Crippen LogP contribution in [0.15, 0.2) is 22.9 Å². The minimum absolute atomic E-state index is 0.0503. The molecular formula is C15H19F3N4O2. The number of alkyl halides is 3. The molecule has 0 bridgehead atoms. The van der Waals surface area contributed by atoms with E-state index in [1.165, 1.54) is 26.5 Å². The fourth-order valence-electron chi connectivity index (χ4n) is 2.06.